The Morgan fingerprint density at radius 2 is 1.87 bits per heavy atom. The molecule has 0 unspecified atom stereocenters. The van der Waals surface area contributed by atoms with E-state index in [9.17, 15) is 4.79 Å². The molecule has 0 atom stereocenters. The Hall–Kier alpha value is -2.86. The number of halogens is 1. The fraction of sp³-hybridized carbons (Fsp3) is 0.0625. The van der Waals surface area contributed by atoms with Crippen molar-refractivity contribution in [1.29, 1.82) is 0 Å². The van der Waals surface area contributed by atoms with Crippen molar-refractivity contribution >= 4 is 17.6 Å². The van der Waals surface area contributed by atoms with Gasteiger partial charge in [-0.05, 0) is 41.8 Å². The van der Waals surface area contributed by atoms with E-state index in [0.717, 1.165) is 16.7 Å². The van der Waals surface area contributed by atoms with Crippen LogP contribution in [0.3, 0.4) is 0 Å². The van der Waals surface area contributed by atoms with Crippen molar-refractivity contribution in [2.75, 3.05) is 0 Å². The summed E-state index contributed by atoms with van der Waals surface area (Å²) in [5, 5.41) is 19.0. The number of carboxylic acids is 1. The van der Waals surface area contributed by atoms with Crippen LogP contribution in [0.5, 0.6) is 11.6 Å². The maximum atomic E-state index is 11.0. The summed E-state index contributed by atoms with van der Waals surface area (Å²) >= 11 is 6.14. The van der Waals surface area contributed by atoms with Gasteiger partial charge in [0.15, 0.2) is 0 Å². The molecule has 0 saturated heterocycles. The van der Waals surface area contributed by atoms with E-state index >= 15 is 0 Å². The minimum atomic E-state index is -1.18. The molecule has 7 heteroatoms. The normalized spacial score (nSPS) is 10.5. The van der Waals surface area contributed by atoms with Gasteiger partial charge >= 0.3 is 5.97 Å². The van der Waals surface area contributed by atoms with Crippen molar-refractivity contribution in [3.63, 3.8) is 0 Å². The van der Waals surface area contributed by atoms with Crippen molar-refractivity contribution in [2.24, 2.45) is 0 Å². The Morgan fingerprint density at radius 1 is 1.17 bits per heavy atom. The fourth-order valence-corrected chi connectivity index (χ4v) is 2.21. The molecule has 1 aromatic heterocycles. The lowest BCUT2D eigenvalue weighted by Gasteiger charge is -2.06. The molecule has 0 amide bonds. The third kappa shape index (κ3) is 3.17. The maximum Gasteiger partial charge on any atom is 0.359 e. The number of nitrogens with one attached hydrogen (secondary N) is 1. The Balaban J connectivity index is 1.83. The van der Waals surface area contributed by atoms with Crippen molar-refractivity contribution < 1.29 is 14.6 Å². The predicted molar refractivity (Wildman–Crippen MR) is 85.0 cm³/mol. The van der Waals surface area contributed by atoms with Crippen LogP contribution in [0, 0.1) is 6.92 Å². The second-order valence-corrected chi connectivity index (χ2v) is 5.29. The monoisotopic (exact) mass is 329 g/mol. The molecule has 0 saturated carbocycles. The Bertz CT molecular complexity index is 859. The summed E-state index contributed by atoms with van der Waals surface area (Å²) in [6.07, 6.45) is 0. The van der Waals surface area contributed by atoms with Crippen LogP contribution in [-0.2, 0) is 0 Å². The van der Waals surface area contributed by atoms with Gasteiger partial charge in [0, 0.05) is 5.02 Å². The van der Waals surface area contributed by atoms with Crippen LogP contribution in [0.1, 0.15) is 16.1 Å². The fourth-order valence-electron chi connectivity index (χ4n) is 2.03. The first-order chi connectivity index (χ1) is 11.0. The van der Waals surface area contributed by atoms with Crippen molar-refractivity contribution in [3.8, 4) is 22.8 Å². The van der Waals surface area contributed by atoms with Gasteiger partial charge in [0.25, 0.3) is 5.88 Å². The summed E-state index contributed by atoms with van der Waals surface area (Å²) in [4.78, 5) is 11.0. The van der Waals surface area contributed by atoms with Crippen LogP contribution in [0.25, 0.3) is 11.1 Å². The predicted octanol–water partition coefficient (Wildman–Crippen LogP) is 3.92. The summed E-state index contributed by atoms with van der Waals surface area (Å²) < 4.78 is 5.43. The van der Waals surface area contributed by atoms with Gasteiger partial charge in [0.1, 0.15) is 5.75 Å². The number of carbonyl (C=O) groups is 1. The first kappa shape index (κ1) is 15.1. The second kappa shape index (κ2) is 6.10. The molecule has 0 aliphatic heterocycles. The van der Waals surface area contributed by atoms with Gasteiger partial charge in [-0.1, -0.05) is 46.2 Å². The number of aromatic amines is 1. The zero-order chi connectivity index (χ0) is 16.4. The maximum absolute atomic E-state index is 11.0. The average Bonchev–Trinajstić information content (AvgIpc) is 2.99. The molecule has 0 spiro atoms. The van der Waals surface area contributed by atoms with Gasteiger partial charge in [0.2, 0.25) is 5.69 Å². The molecule has 6 nitrogen and oxygen atoms in total. The number of hydrogen-bond donors (Lipinski definition) is 2. The molecule has 116 valence electrons. The standard InChI is InChI=1S/C16H12ClN3O3/c1-9-2-3-11(8-13(9)17)10-4-6-12(7-5-10)23-15-14(16(21)22)18-20-19-15/h2-8H,1H3,(H,21,22)(H,18,19,20). The highest BCUT2D eigenvalue weighted by atomic mass is 35.5. The highest BCUT2D eigenvalue weighted by Gasteiger charge is 2.16. The number of carboxylic acid groups (broad SMARTS) is 1. The average molecular weight is 330 g/mol. The summed E-state index contributed by atoms with van der Waals surface area (Å²) in [6, 6.07) is 13.0. The molecule has 0 aliphatic rings. The zero-order valence-electron chi connectivity index (χ0n) is 12.1. The number of nitrogens with zero attached hydrogens (tertiary/aromatic N) is 2. The minimum Gasteiger partial charge on any atom is -0.476 e. The van der Waals surface area contributed by atoms with Gasteiger partial charge in [-0.3, -0.25) is 0 Å². The summed E-state index contributed by atoms with van der Waals surface area (Å²) in [7, 11) is 0. The molecule has 2 N–H and O–H groups in total. The summed E-state index contributed by atoms with van der Waals surface area (Å²) in [6.45, 7) is 1.95. The third-order valence-corrected chi connectivity index (χ3v) is 3.71. The van der Waals surface area contributed by atoms with Crippen LogP contribution in [-0.4, -0.2) is 26.5 Å². The van der Waals surface area contributed by atoms with E-state index in [4.69, 9.17) is 21.4 Å². The molecular formula is C16H12ClN3O3. The van der Waals surface area contributed by atoms with Crippen LogP contribution in [0.15, 0.2) is 42.5 Å². The lowest BCUT2D eigenvalue weighted by molar-refractivity contribution is 0.0687. The number of rotatable bonds is 4. The number of hydrogen-bond acceptors (Lipinski definition) is 4. The largest absolute Gasteiger partial charge is 0.476 e. The zero-order valence-corrected chi connectivity index (χ0v) is 12.8. The first-order valence-corrected chi connectivity index (χ1v) is 7.11. The molecule has 0 fully saturated rings. The highest BCUT2D eigenvalue weighted by molar-refractivity contribution is 6.31. The first-order valence-electron chi connectivity index (χ1n) is 6.73. The van der Waals surface area contributed by atoms with E-state index in [1.807, 2.05) is 37.3 Å². The number of H-pyrrole nitrogens is 1. The molecule has 0 radical (unpaired) electrons. The van der Waals surface area contributed by atoms with Gasteiger partial charge in [-0.25, -0.2) is 9.89 Å². The van der Waals surface area contributed by atoms with E-state index < -0.39 is 5.97 Å². The van der Waals surface area contributed by atoms with E-state index in [0.29, 0.717) is 10.8 Å². The Morgan fingerprint density at radius 3 is 2.52 bits per heavy atom. The van der Waals surface area contributed by atoms with Crippen molar-refractivity contribution in [1.82, 2.24) is 15.4 Å². The van der Waals surface area contributed by atoms with Gasteiger partial charge < -0.3 is 9.84 Å². The molecule has 23 heavy (non-hydrogen) atoms. The highest BCUT2D eigenvalue weighted by Crippen LogP contribution is 2.28. The molecule has 3 rings (SSSR count). The van der Waals surface area contributed by atoms with Crippen molar-refractivity contribution in [2.45, 2.75) is 6.92 Å². The lowest BCUT2D eigenvalue weighted by atomic mass is 10.0. The topological polar surface area (TPSA) is 88.1 Å². The number of benzene rings is 2. The molecule has 0 bridgehead atoms. The van der Waals surface area contributed by atoms with E-state index in [-0.39, 0.29) is 11.6 Å². The van der Waals surface area contributed by atoms with Crippen LogP contribution >= 0.6 is 11.6 Å². The Labute approximate surface area is 136 Å². The smallest absolute Gasteiger partial charge is 0.359 e. The Kier molecular flexibility index (Phi) is 3.99. The van der Waals surface area contributed by atoms with Crippen LogP contribution < -0.4 is 4.74 Å². The summed E-state index contributed by atoms with van der Waals surface area (Å²) in [5.74, 6) is -0.803. The van der Waals surface area contributed by atoms with Gasteiger partial charge in [-0.15, -0.1) is 0 Å². The minimum absolute atomic E-state index is 0.0800. The molecule has 3 aromatic rings. The van der Waals surface area contributed by atoms with E-state index in [2.05, 4.69) is 15.4 Å². The number of ether oxygens (including phenoxy) is 1. The molecule has 2 aromatic carbocycles. The van der Waals surface area contributed by atoms with E-state index in [1.54, 1.807) is 12.1 Å². The number of aromatic carboxylic acids is 1. The van der Waals surface area contributed by atoms with E-state index in [1.165, 1.54) is 0 Å². The number of aryl methyl sites for hydroxylation is 1. The van der Waals surface area contributed by atoms with Crippen LogP contribution in [0.2, 0.25) is 5.02 Å². The molecular weight excluding hydrogens is 318 g/mol. The number of aromatic nitrogens is 3. The van der Waals surface area contributed by atoms with Gasteiger partial charge in [0.05, 0.1) is 0 Å². The second-order valence-electron chi connectivity index (χ2n) is 4.89. The van der Waals surface area contributed by atoms with Crippen LogP contribution in [0.4, 0.5) is 0 Å². The molecule has 0 aliphatic carbocycles. The van der Waals surface area contributed by atoms with Gasteiger partial charge in [-0.2, -0.15) is 0 Å². The SMILES string of the molecule is Cc1ccc(-c2ccc(Oc3nn[nH]c3C(=O)O)cc2)cc1Cl. The summed E-state index contributed by atoms with van der Waals surface area (Å²) in [5.41, 5.74) is 2.78. The molecule has 1 heterocycles. The quantitative estimate of drug-likeness (QED) is 0.757. The van der Waals surface area contributed by atoms with Crippen molar-refractivity contribution in [3.05, 3.63) is 58.7 Å². The third-order valence-electron chi connectivity index (χ3n) is 3.30. The lowest BCUT2D eigenvalue weighted by Crippen LogP contribution is -1.99.